The lowest BCUT2D eigenvalue weighted by Crippen LogP contribution is -2.07. The average molecular weight is 807 g/mol. The quantitative estimate of drug-likeness (QED) is 0.167. The second kappa shape index (κ2) is 13.9. The van der Waals surface area contributed by atoms with Crippen molar-refractivity contribution in [3.05, 3.63) is 206 Å². The molecule has 0 fully saturated rings. The molecular weight excluding hydrogens is 773 g/mol. The maximum Gasteiger partial charge on any atom is 0.238 e. The van der Waals surface area contributed by atoms with Crippen molar-refractivity contribution in [2.24, 2.45) is 0 Å². The lowest BCUT2D eigenvalue weighted by molar-refractivity contribution is 0.669. The Balaban J connectivity index is 1.11. The Morgan fingerprint density at radius 3 is 1.70 bits per heavy atom. The van der Waals surface area contributed by atoms with Crippen LogP contribution in [0.1, 0.15) is 0 Å². The van der Waals surface area contributed by atoms with E-state index < -0.39 is 0 Å². The third-order valence-electron chi connectivity index (χ3n) is 12.2. The van der Waals surface area contributed by atoms with Crippen molar-refractivity contribution in [2.45, 2.75) is 0 Å². The largest absolute Gasteiger partial charge is 0.456 e. The summed E-state index contributed by atoms with van der Waals surface area (Å²) in [6.07, 6.45) is 1.82. The van der Waals surface area contributed by atoms with Gasteiger partial charge in [0.15, 0.2) is 11.6 Å². The summed E-state index contributed by atoms with van der Waals surface area (Å²) in [6, 6.07) is 69.6. The molecule has 7 heteroatoms. The summed E-state index contributed by atoms with van der Waals surface area (Å²) in [6.45, 7) is 0. The van der Waals surface area contributed by atoms with Gasteiger partial charge in [-0.25, -0.2) is 4.98 Å². The molecule has 0 radical (unpaired) electrons. The monoisotopic (exact) mass is 806 g/mol. The molecule has 13 aromatic rings. The van der Waals surface area contributed by atoms with E-state index in [1.807, 2.05) is 48.7 Å². The van der Waals surface area contributed by atoms with Crippen molar-refractivity contribution < 1.29 is 4.42 Å². The van der Waals surface area contributed by atoms with Gasteiger partial charge in [-0.15, -0.1) is 0 Å². The number of pyridine rings is 1. The van der Waals surface area contributed by atoms with Crippen molar-refractivity contribution in [3.63, 3.8) is 0 Å². The van der Waals surface area contributed by atoms with E-state index in [-0.39, 0.29) is 0 Å². The minimum absolute atomic E-state index is 0.525. The van der Waals surface area contributed by atoms with Gasteiger partial charge in [0.2, 0.25) is 5.95 Å². The van der Waals surface area contributed by atoms with Crippen LogP contribution < -0.4 is 0 Å². The van der Waals surface area contributed by atoms with E-state index in [0.717, 1.165) is 105 Å². The van der Waals surface area contributed by atoms with Gasteiger partial charge in [0.25, 0.3) is 0 Å². The van der Waals surface area contributed by atoms with Gasteiger partial charge < -0.3 is 8.98 Å². The van der Waals surface area contributed by atoms with Crippen LogP contribution in [0.25, 0.3) is 122 Å². The average Bonchev–Trinajstić information content (AvgIpc) is 4.02. The molecule has 8 aromatic carbocycles. The van der Waals surface area contributed by atoms with Crippen molar-refractivity contribution in [1.29, 1.82) is 0 Å². The second-order valence-electron chi connectivity index (χ2n) is 15.9. The molecule has 5 aromatic heterocycles. The molecule has 13 rings (SSSR count). The van der Waals surface area contributed by atoms with Crippen LogP contribution >= 0.6 is 0 Å². The summed E-state index contributed by atoms with van der Waals surface area (Å²) in [5.41, 5.74) is 12.8. The lowest BCUT2D eigenvalue weighted by atomic mass is 10.0. The molecule has 63 heavy (non-hydrogen) atoms. The van der Waals surface area contributed by atoms with Crippen LogP contribution in [0.15, 0.2) is 211 Å². The Hall–Kier alpha value is -8.68. The first-order valence-corrected chi connectivity index (χ1v) is 21.0. The van der Waals surface area contributed by atoms with Gasteiger partial charge in [0.1, 0.15) is 11.2 Å². The van der Waals surface area contributed by atoms with Crippen molar-refractivity contribution >= 4 is 65.6 Å². The molecule has 0 amide bonds. The fraction of sp³-hybridized carbons (Fsp3) is 0. The number of benzene rings is 8. The van der Waals surface area contributed by atoms with Gasteiger partial charge in [-0.3, -0.25) is 9.55 Å². The van der Waals surface area contributed by atoms with Gasteiger partial charge in [-0.05, 0) is 65.7 Å². The fourth-order valence-electron chi connectivity index (χ4n) is 9.35. The highest BCUT2D eigenvalue weighted by molar-refractivity contribution is 6.24. The smallest absolute Gasteiger partial charge is 0.238 e. The zero-order chi connectivity index (χ0) is 41.4. The number of aromatic nitrogens is 6. The zero-order valence-corrected chi connectivity index (χ0v) is 33.7. The van der Waals surface area contributed by atoms with E-state index in [2.05, 4.69) is 172 Å². The minimum Gasteiger partial charge on any atom is -0.456 e. The normalized spacial score (nSPS) is 11.8. The Labute approximate surface area is 360 Å². The molecule has 0 saturated carbocycles. The molecular formula is C56H34N6O. The van der Waals surface area contributed by atoms with Gasteiger partial charge in [0, 0.05) is 60.9 Å². The number of rotatable bonds is 6. The first-order valence-electron chi connectivity index (χ1n) is 21.0. The molecule has 0 aliphatic heterocycles. The van der Waals surface area contributed by atoms with E-state index in [9.17, 15) is 0 Å². The van der Waals surface area contributed by atoms with Gasteiger partial charge in [-0.2, -0.15) is 9.97 Å². The second-order valence-corrected chi connectivity index (χ2v) is 15.9. The maximum absolute atomic E-state index is 6.30. The summed E-state index contributed by atoms with van der Waals surface area (Å²) in [7, 11) is 0. The zero-order valence-electron chi connectivity index (χ0n) is 33.7. The predicted octanol–water partition coefficient (Wildman–Crippen LogP) is 14.0. The highest BCUT2D eigenvalue weighted by Gasteiger charge is 2.24. The Kier molecular flexibility index (Phi) is 7.77. The molecule has 0 aliphatic carbocycles. The first kappa shape index (κ1) is 35.1. The van der Waals surface area contributed by atoms with Crippen LogP contribution in [-0.4, -0.2) is 29.1 Å². The van der Waals surface area contributed by atoms with Crippen molar-refractivity contribution in [1.82, 2.24) is 29.1 Å². The minimum atomic E-state index is 0.525. The van der Waals surface area contributed by atoms with E-state index in [1.54, 1.807) is 0 Å². The van der Waals surface area contributed by atoms with Crippen LogP contribution in [0, 0.1) is 0 Å². The third-order valence-corrected chi connectivity index (χ3v) is 12.2. The number of furan rings is 1. The van der Waals surface area contributed by atoms with E-state index in [4.69, 9.17) is 19.4 Å². The Morgan fingerprint density at radius 1 is 0.349 bits per heavy atom. The number of hydrogen-bond acceptors (Lipinski definition) is 5. The van der Waals surface area contributed by atoms with E-state index in [1.165, 1.54) is 0 Å². The Bertz CT molecular complexity index is 3900. The van der Waals surface area contributed by atoms with E-state index in [0.29, 0.717) is 17.6 Å². The third kappa shape index (κ3) is 5.60. The van der Waals surface area contributed by atoms with Gasteiger partial charge in [-0.1, -0.05) is 146 Å². The predicted molar refractivity (Wildman–Crippen MR) is 255 cm³/mol. The maximum atomic E-state index is 6.30. The molecule has 0 spiro atoms. The van der Waals surface area contributed by atoms with E-state index >= 15 is 0 Å². The summed E-state index contributed by atoms with van der Waals surface area (Å²) in [4.78, 5) is 20.7. The van der Waals surface area contributed by atoms with Crippen LogP contribution in [0.4, 0.5) is 0 Å². The molecule has 0 N–H and O–H groups in total. The number of fused-ring (bicyclic) bond motifs is 10. The Morgan fingerprint density at radius 2 is 0.937 bits per heavy atom. The highest BCUT2D eigenvalue weighted by Crippen LogP contribution is 2.42. The lowest BCUT2D eigenvalue weighted by Gasteiger charge is -2.14. The summed E-state index contributed by atoms with van der Waals surface area (Å²) >= 11 is 0. The van der Waals surface area contributed by atoms with Crippen LogP contribution in [0.5, 0.6) is 0 Å². The van der Waals surface area contributed by atoms with Crippen molar-refractivity contribution in [3.8, 4) is 56.8 Å². The van der Waals surface area contributed by atoms with Crippen LogP contribution in [0.2, 0.25) is 0 Å². The molecule has 0 aliphatic rings. The summed E-state index contributed by atoms with van der Waals surface area (Å²) in [5.74, 6) is 1.67. The number of nitrogens with zero attached hydrogens (tertiary/aromatic N) is 6. The van der Waals surface area contributed by atoms with Gasteiger partial charge >= 0.3 is 0 Å². The fourth-order valence-corrected chi connectivity index (χ4v) is 9.35. The molecule has 0 atom stereocenters. The van der Waals surface area contributed by atoms with Crippen LogP contribution in [-0.2, 0) is 0 Å². The summed E-state index contributed by atoms with van der Waals surface area (Å²) in [5, 5.41) is 6.65. The van der Waals surface area contributed by atoms with Crippen LogP contribution in [0.3, 0.4) is 0 Å². The standard InChI is InChI=1S/C56H34N6O/c1-2-13-35(14-3-1)36-24-26-37(27-25-36)54-58-55(39-16-12-15-38(33-39)47-20-10-11-32-57-47)60-56(59-54)62-49-22-8-5-18-42(49)45-30-29-44-41-17-4-7-21-48(41)61(52(44)53(45)62)40-28-31-51-46(34-40)43-19-6-9-23-50(43)63-51/h1-34H. The SMILES string of the molecule is c1ccc(-c2ccc(-c3nc(-c4cccc(-c5ccccn5)c4)nc(-n4c5ccccc5c5ccc6c7ccccc7n(-c7ccc8oc9ccccc9c8c7)c6c54)n3)cc2)cc1. The molecule has 7 nitrogen and oxygen atoms in total. The number of para-hydroxylation sites is 3. The molecule has 5 heterocycles. The van der Waals surface area contributed by atoms with Crippen molar-refractivity contribution in [2.75, 3.05) is 0 Å². The molecule has 0 saturated heterocycles. The molecule has 0 bridgehead atoms. The summed E-state index contributed by atoms with van der Waals surface area (Å²) < 4.78 is 10.9. The molecule has 294 valence electrons. The highest BCUT2D eigenvalue weighted by atomic mass is 16.3. The number of hydrogen-bond donors (Lipinski definition) is 0. The molecule has 0 unspecified atom stereocenters. The topological polar surface area (TPSA) is 74.6 Å². The van der Waals surface area contributed by atoms with Gasteiger partial charge in [0.05, 0.1) is 27.8 Å². The first-order chi connectivity index (χ1) is 31.2.